The summed E-state index contributed by atoms with van der Waals surface area (Å²) in [7, 11) is 0. The molecule has 2 nitrogen and oxygen atoms in total. The smallest absolute Gasteiger partial charge is 0.230 e. The number of amides is 1. The van der Waals surface area contributed by atoms with Gasteiger partial charge in [0.1, 0.15) is 4.33 Å². The molecule has 1 fully saturated rings. The third-order valence-electron chi connectivity index (χ3n) is 4.70. The molecule has 1 aromatic rings. The van der Waals surface area contributed by atoms with Gasteiger partial charge in [0.2, 0.25) is 5.91 Å². The van der Waals surface area contributed by atoms with Crippen molar-refractivity contribution in [3.05, 3.63) is 34.9 Å². The van der Waals surface area contributed by atoms with E-state index in [1.807, 2.05) is 52.0 Å². The van der Waals surface area contributed by atoms with Gasteiger partial charge in [0, 0.05) is 10.9 Å². The first-order valence-electron chi connectivity index (χ1n) is 7.10. The fraction of sp³-hybridized carbons (Fsp3) is 0.562. The zero-order valence-electron chi connectivity index (χ0n) is 12.6. The summed E-state index contributed by atoms with van der Waals surface area (Å²) in [6, 6.07) is 7.30. The quantitative estimate of drug-likeness (QED) is 0.764. The van der Waals surface area contributed by atoms with Crippen molar-refractivity contribution in [2.24, 2.45) is 17.3 Å². The lowest BCUT2D eigenvalue weighted by Crippen LogP contribution is -2.40. The highest BCUT2D eigenvalue weighted by Gasteiger charge is 2.78. The van der Waals surface area contributed by atoms with Gasteiger partial charge in [0.25, 0.3) is 0 Å². The van der Waals surface area contributed by atoms with Gasteiger partial charge in [-0.3, -0.25) is 4.79 Å². The van der Waals surface area contributed by atoms with Crippen molar-refractivity contribution in [3.63, 3.8) is 0 Å². The minimum atomic E-state index is -0.995. The molecular weight excluding hydrogens is 329 g/mol. The normalized spacial score (nSPS) is 28.3. The third kappa shape index (κ3) is 2.56. The van der Waals surface area contributed by atoms with E-state index in [0.29, 0.717) is 5.02 Å². The predicted octanol–water partition coefficient (Wildman–Crippen LogP) is 4.98. The molecule has 1 amide bonds. The fourth-order valence-corrected chi connectivity index (χ4v) is 4.54. The van der Waals surface area contributed by atoms with Crippen molar-refractivity contribution < 1.29 is 4.79 Å². The fourth-order valence-electron chi connectivity index (χ4n) is 3.24. The molecule has 1 aliphatic carbocycles. The van der Waals surface area contributed by atoms with Gasteiger partial charge in [-0.1, -0.05) is 44.5 Å². The Labute approximate surface area is 141 Å². The minimum absolute atomic E-state index is 0.0641. The Hall–Kier alpha value is -0.440. The topological polar surface area (TPSA) is 29.1 Å². The van der Waals surface area contributed by atoms with Gasteiger partial charge in [-0.15, -0.1) is 23.2 Å². The molecule has 3 unspecified atom stereocenters. The molecule has 1 saturated carbocycles. The highest BCUT2D eigenvalue weighted by Crippen LogP contribution is 2.72. The summed E-state index contributed by atoms with van der Waals surface area (Å²) in [6.07, 6.45) is 0. The Morgan fingerprint density at radius 1 is 1.19 bits per heavy atom. The highest BCUT2D eigenvalue weighted by atomic mass is 35.5. The van der Waals surface area contributed by atoms with Crippen molar-refractivity contribution >= 4 is 40.7 Å². The molecule has 0 radical (unpaired) electrons. The zero-order chi connectivity index (χ0) is 16.0. The Morgan fingerprint density at radius 2 is 1.67 bits per heavy atom. The third-order valence-corrected chi connectivity index (χ3v) is 6.23. The molecule has 2 rings (SSSR count). The lowest BCUT2D eigenvalue weighted by Gasteiger charge is -2.25. The van der Waals surface area contributed by atoms with E-state index in [0.717, 1.165) is 5.56 Å². The average Bonchev–Trinajstić information content (AvgIpc) is 2.85. The summed E-state index contributed by atoms with van der Waals surface area (Å²) in [4.78, 5) is 12.7. The molecule has 3 atom stereocenters. The van der Waals surface area contributed by atoms with Crippen LogP contribution in [0.25, 0.3) is 0 Å². The number of halogens is 3. The van der Waals surface area contributed by atoms with E-state index in [4.69, 9.17) is 34.8 Å². The Kier molecular flexibility index (Phi) is 4.55. The van der Waals surface area contributed by atoms with Crippen LogP contribution < -0.4 is 5.32 Å². The van der Waals surface area contributed by atoms with Gasteiger partial charge in [-0.25, -0.2) is 0 Å². The first-order chi connectivity index (χ1) is 9.65. The molecule has 1 aliphatic rings. The molecule has 0 spiro atoms. The predicted molar refractivity (Wildman–Crippen MR) is 88.9 cm³/mol. The molecule has 5 heteroatoms. The van der Waals surface area contributed by atoms with Crippen molar-refractivity contribution in [2.45, 2.75) is 38.1 Å². The number of carbonyl (C=O) groups is 1. The van der Waals surface area contributed by atoms with E-state index in [1.165, 1.54) is 0 Å². The highest BCUT2D eigenvalue weighted by molar-refractivity contribution is 6.53. The van der Waals surface area contributed by atoms with Crippen LogP contribution in [0.1, 0.15) is 39.3 Å². The van der Waals surface area contributed by atoms with Crippen LogP contribution in [0.2, 0.25) is 5.02 Å². The van der Waals surface area contributed by atoms with Gasteiger partial charge in [0.05, 0.1) is 11.5 Å². The molecular formula is C16H20Cl3NO. The monoisotopic (exact) mass is 347 g/mol. The zero-order valence-corrected chi connectivity index (χ0v) is 14.9. The first-order valence-corrected chi connectivity index (χ1v) is 8.23. The number of alkyl halides is 2. The largest absolute Gasteiger partial charge is 0.349 e. The van der Waals surface area contributed by atoms with Crippen LogP contribution in [0.15, 0.2) is 24.3 Å². The maximum atomic E-state index is 12.7. The maximum absolute atomic E-state index is 12.7. The Balaban J connectivity index is 2.16. The van der Waals surface area contributed by atoms with Gasteiger partial charge in [-0.05, 0) is 30.5 Å². The van der Waals surface area contributed by atoms with Crippen LogP contribution in [0.3, 0.4) is 0 Å². The van der Waals surface area contributed by atoms with Gasteiger partial charge in [0.15, 0.2) is 0 Å². The number of rotatable bonds is 4. The van der Waals surface area contributed by atoms with Gasteiger partial charge < -0.3 is 5.32 Å². The van der Waals surface area contributed by atoms with Gasteiger partial charge >= 0.3 is 0 Å². The maximum Gasteiger partial charge on any atom is 0.230 e. The van der Waals surface area contributed by atoms with Crippen LogP contribution >= 0.6 is 34.8 Å². The average molecular weight is 349 g/mol. The van der Waals surface area contributed by atoms with E-state index in [2.05, 4.69) is 5.32 Å². The molecule has 0 bridgehead atoms. The summed E-state index contributed by atoms with van der Waals surface area (Å²) in [6.45, 7) is 7.82. The molecule has 0 aliphatic heterocycles. The lowest BCUT2D eigenvalue weighted by atomic mass is 9.88. The first kappa shape index (κ1) is 16.9. The van der Waals surface area contributed by atoms with E-state index in [9.17, 15) is 4.79 Å². The summed E-state index contributed by atoms with van der Waals surface area (Å²) in [5.41, 5.74) is 0.270. The van der Waals surface area contributed by atoms with Crippen molar-refractivity contribution in [1.82, 2.24) is 5.32 Å². The van der Waals surface area contributed by atoms with E-state index in [1.54, 1.807) is 0 Å². The standard InChI is InChI=1S/C16H20Cl3NO/c1-9(2)15(11(4)16(15,18)19)14(21)20-10(3)12-5-7-13(17)8-6-12/h5-11H,1-4H3,(H,20,21). The molecule has 1 N–H and O–H groups in total. The Morgan fingerprint density at radius 3 is 2.05 bits per heavy atom. The summed E-state index contributed by atoms with van der Waals surface area (Å²) >= 11 is 18.6. The van der Waals surface area contributed by atoms with Crippen molar-refractivity contribution in [1.29, 1.82) is 0 Å². The number of hydrogen-bond donors (Lipinski definition) is 1. The van der Waals surface area contributed by atoms with E-state index >= 15 is 0 Å². The van der Waals surface area contributed by atoms with Crippen LogP contribution in [-0.4, -0.2) is 10.2 Å². The molecule has 1 aromatic carbocycles. The lowest BCUT2D eigenvalue weighted by molar-refractivity contribution is -0.129. The van der Waals surface area contributed by atoms with E-state index < -0.39 is 9.75 Å². The number of benzene rings is 1. The number of hydrogen-bond acceptors (Lipinski definition) is 1. The van der Waals surface area contributed by atoms with Crippen LogP contribution in [0.4, 0.5) is 0 Å². The molecule has 21 heavy (non-hydrogen) atoms. The SMILES string of the molecule is CC(NC(=O)C1(C(C)C)C(C)C1(Cl)Cl)c1ccc(Cl)cc1. The Bertz CT molecular complexity index is 541. The second-order valence-corrected chi connectivity index (χ2v) is 7.94. The summed E-state index contributed by atoms with van der Waals surface area (Å²) in [5.74, 6) is -0.0804. The summed E-state index contributed by atoms with van der Waals surface area (Å²) in [5, 5.41) is 3.71. The minimum Gasteiger partial charge on any atom is -0.349 e. The van der Waals surface area contributed by atoms with Crippen molar-refractivity contribution in [3.8, 4) is 0 Å². The van der Waals surface area contributed by atoms with Crippen LogP contribution in [0, 0.1) is 17.3 Å². The van der Waals surface area contributed by atoms with Gasteiger partial charge in [-0.2, -0.15) is 0 Å². The summed E-state index contributed by atoms with van der Waals surface area (Å²) < 4.78 is -0.995. The van der Waals surface area contributed by atoms with Crippen molar-refractivity contribution in [2.75, 3.05) is 0 Å². The van der Waals surface area contributed by atoms with Crippen LogP contribution in [-0.2, 0) is 4.79 Å². The molecule has 0 saturated heterocycles. The van der Waals surface area contributed by atoms with Crippen LogP contribution in [0.5, 0.6) is 0 Å². The molecule has 0 heterocycles. The van der Waals surface area contributed by atoms with E-state index in [-0.39, 0.29) is 23.8 Å². The molecule has 116 valence electrons. The second kappa shape index (κ2) is 5.64. The number of carbonyl (C=O) groups excluding carboxylic acids is 1. The number of nitrogens with one attached hydrogen (secondary N) is 1. The second-order valence-electron chi connectivity index (χ2n) is 6.12. The molecule has 0 aromatic heterocycles.